The van der Waals surface area contributed by atoms with Gasteiger partial charge in [-0.1, -0.05) is 22.0 Å². The van der Waals surface area contributed by atoms with Crippen LogP contribution < -0.4 is 5.43 Å². The summed E-state index contributed by atoms with van der Waals surface area (Å²) in [5.74, 6) is -1.95. The van der Waals surface area contributed by atoms with E-state index in [1.165, 1.54) is 24.0 Å². The fourth-order valence-corrected chi connectivity index (χ4v) is 3.21. The Morgan fingerprint density at radius 3 is 2.67 bits per heavy atom. The summed E-state index contributed by atoms with van der Waals surface area (Å²) in [5.41, 5.74) is 4.90. The number of amides is 1. The van der Waals surface area contributed by atoms with E-state index >= 15 is 0 Å². The molecule has 2 rings (SSSR count). The SMILES string of the molecule is Cc1cc(SCC(=O)N/N=C/c2ccc(F)c(F)c2)c(C)cc1Br. The Hall–Kier alpha value is -1.73. The van der Waals surface area contributed by atoms with Crippen molar-refractivity contribution < 1.29 is 13.6 Å². The number of aryl methyl sites for hydroxylation is 2. The van der Waals surface area contributed by atoms with Gasteiger partial charge in [0.05, 0.1) is 12.0 Å². The number of thioether (sulfide) groups is 1. The van der Waals surface area contributed by atoms with Crippen LogP contribution in [-0.2, 0) is 4.79 Å². The lowest BCUT2D eigenvalue weighted by Gasteiger charge is -2.08. The lowest BCUT2D eigenvalue weighted by atomic mass is 10.2. The highest BCUT2D eigenvalue weighted by Crippen LogP contribution is 2.28. The van der Waals surface area contributed by atoms with Crippen LogP contribution in [0.25, 0.3) is 0 Å². The zero-order valence-electron chi connectivity index (χ0n) is 13.1. The molecule has 3 nitrogen and oxygen atoms in total. The molecule has 0 saturated carbocycles. The number of carbonyl (C=O) groups excluding carboxylic acids is 1. The van der Waals surface area contributed by atoms with Crippen molar-refractivity contribution in [1.82, 2.24) is 5.43 Å². The monoisotopic (exact) mass is 412 g/mol. The molecular weight excluding hydrogens is 398 g/mol. The van der Waals surface area contributed by atoms with E-state index in [9.17, 15) is 13.6 Å². The minimum atomic E-state index is -0.957. The number of benzene rings is 2. The van der Waals surface area contributed by atoms with Gasteiger partial charge in [-0.15, -0.1) is 11.8 Å². The van der Waals surface area contributed by atoms with Crippen LogP contribution in [0.5, 0.6) is 0 Å². The molecule has 0 fully saturated rings. The third-order valence-electron chi connectivity index (χ3n) is 3.16. The van der Waals surface area contributed by atoms with Crippen molar-refractivity contribution in [2.75, 3.05) is 5.75 Å². The molecule has 0 radical (unpaired) electrons. The summed E-state index contributed by atoms with van der Waals surface area (Å²) in [5, 5.41) is 3.74. The zero-order chi connectivity index (χ0) is 17.7. The second kappa shape index (κ2) is 8.39. The Morgan fingerprint density at radius 2 is 1.96 bits per heavy atom. The molecule has 0 aliphatic carbocycles. The van der Waals surface area contributed by atoms with Crippen LogP contribution in [0.3, 0.4) is 0 Å². The maximum atomic E-state index is 13.0. The highest BCUT2D eigenvalue weighted by atomic mass is 79.9. The largest absolute Gasteiger partial charge is 0.272 e. The molecule has 2 aromatic rings. The minimum absolute atomic E-state index is 0.205. The van der Waals surface area contributed by atoms with E-state index in [4.69, 9.17) is 0 Å². The molecule has 0 atom stereocenters. The molecule has 0 unspecified atom stereocenters. The van der Waals surface area contributed by atoms with Crippen molar-refractivity contribution in [3.05, 3.63) is 63.1 Å². The third-order valence-corrected chi connectivity index (χ3v) is 5.17. The molecule has 0 aliphatic heterocycles. The number of carbonyl (C=O) groups is 1. The number of halogens is 3. The molecule has 126 valence electrons. The number of hydrogen-bond acceptors (Lipinski definition) is 3. The molecule has 0 spiro atoms. The zero-order valence-corrected chi connectivity index (χ0v) is 15.5. The summed E-state index contributed by atoms with van der Waals surface area (Å²) in [7, 11) is 0. The van der Waals surface area contributed by atoms with E-state index in [0.717, 1.165) is 32.6 Å². The van der Waals surface area contributed by atoms with Gasteiger partial charge in [0, 0.05) is 9.37 Å². The average Bonchev–Trinajstić information content (AvgIpc) is 2.53. The summed E-state index contributed by atoms with van der Waals surface area (Å²) in [4.78, 5) is 12.8. The Labute approximate surface area is 151 Å². The number of nitrogens with zero attached hydrogens (tertiary/aromatic N) is 1. The van der Waals surface area contributed by atoms with Gasteiger partial charge in [0.25, 0.3) is 0 Å². The van der Waals surface area contributed by atoms with Gasteiger partial charge < -0.3 is 0 Å². The number of hydrazone groups is 1. The Morgan fingerprint density at radius 1 is 1.21 bits per heavy atom. The van der Waals surface area contributed by atoms with Crippen LogP contribution >= 0.6 is 27.7 Å². The number of hydrogen-bond donors (Lipinski definition) is 1. The summed E-state index contributed by atoms with van der Waals surface area (Å²) in [6.07, 6.45) is 1.26. The third kappa shape index (κ3) is 5.14. The second-order valence-electron chi connectivity index (χ2n) is 5.12. The first kappa shape index (κ1) is 18.6. The molecule has 0 saturated heterocycles. The smallest absolute Gasteiger partial charge is 0.250 e. The van der Waals surface area contributed by atoms with Crippen LogP contribution in [0.2, 0.25) is 0 Å². The van der Waals surface area contributed by atoms with Gasteiger partial charge in [0.15, 0.2) is 11.6 Å². The van der Waals surface area contributed by atoms with Crippen LogP contribution in [0.15, 0.2) is 44.8 Å². The highest BCUT2D eigenvalue weighted by Gasteiger charge is 2.07. The van der Waals surface area contributed by atoms with Crippen LogP contribution in [0.4, 0.5) is 8.78 Å². The van der Waals surface area contributed by atoms with Crippen LogP contribution in [-0.4, -0.2) is 17.9 Å². The maximum Gasteiger partial charge on any atom is 0.250 e. The van der Waals surface area contributed by atoms with Gasteiger partial charge in [0.2, 0.25) is 5.91 Å². The summed E-state index contributed by atoms with van der Waals surface area (Å²) < 4.78 is 26.9. The van der Waals surface area contributed by atoms with E-state index in [1.54, 1.807) is 0 Å². The molecule has 0 bridgehead atoms. The molecule has 2 aromatic carbocycles. The maximum absolute atomic E-state index is 13.0. The molecule has 7 heteroatoms. The fourth-order valence-electron chi connectivity index (χ4n) is 1.86. The second-order valence-corrected chi connectivity index (χ2v) is 6.99. The normalized spacial score (nSPS) is 11.0. The van der Waals surface area contributed by atoms with Crippen molar-refractivity contribution in [3.63, 3.8) is 0 Å². The Bertz CT molecular complexity index is 796. The van der Waals surface area contributed by atoms with Gasteiger partial charge in [-0.05, 0) is 54.8 Å². The van der Waals surface area contributed by atoms with Crippen molar-refractivity contribution in [3.8, 4) is 0 Å². The predicted octanol–water partition coefficient (Wildman–Crippen LogP) is 4.59. The lowest BCUT2D eigenvalue weighted by Crippen LogP contribution is -2.19. The van der Waals surface area contributed by atoms with E-state index in [2.05, 4.69) is 26.5 Å². The van der Waals surface area contributed by atoms with Crippen molar-refractivity contribution in [1.29, 1.82) is 0 Å². The lowest BCUT2D eigenvalue weighted by molar-refractivity contribution is -0.118. The highest BCUT2D eigenvalue weighted by molar-refractivity contribution is 9.10. The summed E-state index contributed by atoms with van der Waals surface area (Å²) in [6, 6.07) is 7.41. The molecular formula is C17H15BrF2N2OS. The van der Waals surface area contributed by atoms with Crippen molar-refractivity contribution in [2.45, 2.75) is 18.7 Å². The first-order valence-corrected chi connectivity index (χ1v) is 8.81. The van der Waals surface area contributed by atoms with Gasteiger partial charge in [-0.25, -0.2) is 14.2 Å². The van der Waals surface area contributed by atoms with Gasteiger partial charge in [-0.3, -0.25) is 4.79 Å². The average molecular weight is 413 g/mol. The first-order valence-electron chi connectivity index (χ1n) is 7.03. The summed E-state index contributed by atoms with van der Waals surface area (Å²) >= 11 is 4.88. The van der Waals surface area contributed by atoms with Gasteiger partial charge in [0.1, 0.15) is 0 Å². The molecule has 0 aliphatic rings. The quantitative estimate of drug-likeness (QED) is 0.443. The molecule has 1 amide bonds. The Kier molecular flexibility index (Phi) is 6.51. The van der Waals surface area contributed by atoms with Gasteiger partial charge in [-0.2, -0.15) is 5.10 Å². The topological polar surface area (TPSA) is 41.5 Å². The number of nitrogens with one attached hydrogen (secondary N) is 1. The molecule has 0 heterocycles. The first-order chi connectivity index (χ1) is 11.4. The van der Waals surface area contributed by atoms with Crippen LogP contribution in [0.1, 0.15) is 16.7 Å². The van der Waals surface area contributed by atoms with E-state index < -0.39 is 11.6 Å². The van der Waals surface area contributed by atoms with E-state index in [-0.39, 0.29) is 11.7 Å². The van der Waals surface area contributed by atoms with E-state index in [1.807, 2.05) is 26.0 Å². The molecule has 24 heavy (non-hydrogen) atoms. The van der Waals surface area contributed by atoms with Gasteiger partial charge >= 0.3 is 0 Å². The standard InChI is InChI=1S/C17H15BrF2N2OS/c1-10-6-16(11(2)5-13(10)18)24-9-17(23)22-21-8-12-3-4-14(19)15(20)7-12/h3-8H,9H2,1-2H3,(H,22,23)/b21-8+. The van der Waals surface area contributed by atoms with Crippen molar-refractivity contribution >= 4 is 39.8 Å². The fraction of sp³-hybridized carbons (Fsp3) is 0.176. The summed E-state index contributed by atoms with van der Waals surface area (Å²) in [6.45, 7) is 3.96. The van der Waals surface area contributed by atoms with Crippen LogP contribution in [0, 0.1) is 25.5 Å². The molecule has 1 N–H and O–H groups in total. The molecule has 0 aromatic heterocycles. The predicted molar refractivity (Wildman–Crippen MR) is 96.4 cm³/mol. The number of rotatable bonds is 5. The van der Waals surface area contributed by atoms with Crippen molar-refractivity contribution in [2.24, 2.45) is 5.10 Å². The van der Waals surface area contributed by atoms with E-state index in [0.29, 0.717) is 5.56 Å². The minimum Gasteiger partial charge on any atom is -0.272 e. The Balaban J connectivity index is 1.88.